The van der Waals surface area contributed by atoms with Gasteiger partial charge < -0.3 is 5.11 Å². The summed E-state index contributed by atoms with van der Waals surface area (Å²) in [7, 11) is 0. The largest absolute Gasteiger partial charge is 0.507 e. The summed E-state index contributed by atoms with van der Waals surface area (Å²) in [6.07, 6.45) is 0. The van der Waals surface area contributed by atoms with Gasteiger partial charge in [-0.05, 0) is 30.3 Å². The van der Waals surface area contributed by atoms with Gasteiger partial charge in [-0.25, -0.2) is 9.97 Å². The number of hydrogen-bond acceptors (Lipinski definition) is 3. The minimum absolute atomic E-state index is 0.111. The minimum Gasteiger partial charge on any atom is -0.507 e. The van der Waals surface area contributed by atoms with Crippen LogP contribution in [0, 0.1) is 0 Å². The molecule has 0 aliphatic rings. The summed E-state index contributed by atoms with van der Waals surface area (Å²) in [6, 6.07) is 12.1. The van der Waals surface area contributed by atoms with Crippen molar-refractivity contribution in [3.63, 3.8) is 0 Å². The maximum absolute atomic E-state index is 9.83. The lowest BCUT2D eigenvalue weighted by molar-refractivity contribution is 0.477. The predicted molar refractivity (Wildman–Crippen MR) is 76.7 cm³/mol. The zero-order chi connectivity index (χ0) is 13.4. The van der Waals surface area contributed by atoms with Crippen molar-refractivity contribution in [2.45, 2.75) is 0 Å². The molecule has 0 spiro atoms. The molecule has 0 atom stereocenters. The maximum atomic E-state index is 9.83. The second kappa shape index (κ2) is 4.68. The van der Waals surface area contributed by atoms with Crippen LogP contribution in [0.4, 0.5) is 0 Å². The fraction of sp³-hybridized carbons (Fsp3) is 0. The van der Waals surface area contributed by atoms with Gasteiger partial charge in [-0.3, -0.25) is 0 Å². The number of hydrogen-bond donors (Lipinski definition) is 1. The fourth-order valence-corrected chi connectivity index (χ4v) is 2.25. The van der Waals surface area contributed by atoms with Gasteiger partial charge in [-0.1, -0.05) is 35.3 Å². The van der Waals surface area contributed by atoms with Crippen molar-refractivity contribution in [3.8, 4) is 17.1 Å². The van der Waals surface area contributed by atoms with E-state index < -0.39 is 0 Å². The van der Waals surface area contributed by atoms with Crippen LogP contribution in [0.25, 0.3) is 22.3 Å². The molecule has 0 fully saturated rings. The number of nitrogens with zero attached hydrogens (tertiary/aromatic N) is 2. The molecule has 19 heavy (non-hydrogen) atoms. The fourth-order valence-electron chi connectivity index (χ4n) is 1.85. The Balaban J connectivity index is 2.29. The standard InChI is InChI=1S/C14H8Cl2N2O/c15-8-5-6-9-11(7-8)17-14(18-13(9)16)10-3-1-2-4-12(10)19/h1-7,19H. The average molecular weight is 291 g/mol. The summed E-state index contributed by atoms with van der Waals surface area (Å²) in [4.78, 5) is 8.60. The first-order valence-corrected chi connectivity index (χ1v) is 6.32. The SMILES string of the molecule is Oc1ccccc1-c1nc(Cl)c2ccc(Cl)cc2n1. The van der Waals surface area contributed by atoms with Crippen molar-refractivity contribution in [2.75, 3.05) is 0 Å². The quantitative estimate of drug-likeness (QED) is 0.679. The van der Waals surface area contributed by atoms with Crippen LogP contribution in [0.1, 0.15) is 0 Å². The molecule has 3 nitrogen and oxygen atoms in total. The van der Waals surface area contributed by atoms with E-state index in [1.807, 2.05) is 0 Å². The Bertz CT molecular complexity index is 774. The molecule has 1 N–H and O–H groups in total. The summed E-state index contributed by atoms with van der Waals surface area (Å²) in [6.45, 7) is 0. The molecule has 0 radical (unpaired) electrons. The lowest BCUT2D eigenvalue weighted by Crippen LogP contribution is -1.92. The van der Waals surface area contributed by atoms with Gasteiger partial charge in [0.05, 0.1) is 11.1 Å². The second-order valence-electron chi connectivity index (χ2n) is 4.02. The number of fused-ring (bicyclic) bond motifs is 1. The van der Waals surface area contributed by atoms with E-state index in [1.165, 1.54) is 0 Å². The number of para-hydroxylation sites is 1. The second-order valence-corrected chi connectivity index (χ2v) is 4.81. The highest BCUT2D eigenvalue weighted by Crippen LogP contribution is 2.30. The van der Waals surface area contributed by atoms with Crippen LogP contribution in [0.5, 0.6) is 5.75 Å². The number of benzene rings is 2. The van der Waals surface area contributed by atoms with Gasteiger partial charge in [0.15, 0.2) is 5.82 Å². The van der Waals surface area contributed by atoms with E-state index in [1.54, 1.807) is 42.5 Å². The van der Waals surface area contributed by atoms with E-state index >= 15 is 0 Å². The molecule has 1 aromatic heterocycles. The van der Waals surface area contributed by atoms with Crippen LogP contribution in [-0.2, 0) is 0 Å². The topological polar surface area (TPSA) is 46.0 Å². The molecule has 0 amide bonds. The van der Waals surface area contributed by atoms with Gasteiger partial charge >= 0.3 is 0 Å². The van der Waals surface area contributed by atoms with Crippen molar-refractivity contribution in [1.82, 2.24) is 9.97 Å². The van der Waals surface area contributed by atoms with Crippen molar-refractivity contribution in [3.05, 3.63) is 52.6 Å². The summed E-state index contributed by atoms with van der Waals surface area (Å²) >= 11 is 12.1. The first kappa shape index (κ1) is 12.2. The van der Waals surface area contributed by atoms with E-state index in [4.69, 9.17) is 23.2 Å². The zero-order valence-corrected chi connectivity index (χ0v) is 11.2. The predicted octanol–water partition coefficient (Wildman–Crippen LogP) is 4.31. The van der Waals surface area contributed by atoms with Crippen molar-refractivity contribution < 1.29 is 5.11 Å². The Kier molecular flexibility index (Phi) is 3.01. The molecule has 5 heteroatoms. The zero-order valence-electron chi connectivity index (χ0n) is 9.64. The van der Waals surface area contributed by atoms with Gasteiger partial charge in [0.1, 0.15) is 10.9 Å². The van der Waals surface area contributed by atoms with E-state index in [9.17, 15) is 5.11 Å². The van der Waals surface area contributed by atoms with Gasteiger partial charge in [0.2, 0.25) is 0 Å². The lowest BCUT2D eigenvalue weighted by Gasteiger charge is -2.06. The Morgan fingerprint density at radius 2 is 1.74 bits per heavy atom. The Hall–Kier alpha value is -1.84. The minimum atomic E-state index is 0.111. The molecule has 0 bridgehead atoms. The summed E-state index contributed by atoms with van der Waals surface area (Å²) in [5.74, 6) is 0.484. The first-order valence-electron chi connectivity index (χ1n) is 5.56. The van der Waals surface area contributed by atoms with Crippen molar-refractivity contribution >= 4 is 34.1 Å². The number of rotatable bonds is 1. The lowest BCUT2D eigenvalue weighted by atomic mass is 10.1. The summed E-state index contributed by atoms with van der Waals surface area (Å²) in [5.41, 5.74) is 1.18. The number of halogens is 2. The molecule has 0 saturated carbocycles. The highest BCUT2D eigenvalue weighted by atomic mass is 35.5. The highest BCUT2D eigenvalue weighted by Gasteiger charge is 2.11. The molecule has 0 saturated heterocycles. The van der Waals surface area contributed by atoms with E-state index in [2.05, 4.69) is 9.97 Å². The number of aromatic hydroxyl groups is 1. The molecule has 94 valence electrons. The molecule has 0 unspecified atom stereocenters. The summed E-state index contributed by atoms with van der Waals surface area (Å²) in [5, 5.41) is 11.5. The molecule has 2 aromatic carbocycles. The van der Waals surface area contributed by atoms with Gasteiger partial charge in [0, 0.05) is 10.4 Å². The van der Waals surface area contributed by atoms with E-state index in [0.717, 1.165) is 5.39 Å². The van der Waals surface area contributed by atoms with Crippen LogP contribution in [-0.4, -0.2) is 15.1 Å². The van der Waals surface area contributed by atoms with Crippen LogP contribution >= 0.6 is 23.2 Å². The van der Waals surface area contributed by atoms with Crippen molar-refractivity contribution in [2.24, 2.45) is 0 Å². The number of phenolic OH excluding ortho intramolecular Hbond substituents is 1. The maximum Gasteiger partial charge on any atom is 0.165 e. The molecule has 0 aliphatic heterocycles. The monoisotopic (exact) mass is 290 g/mol. The number of aromatic nitrogens is 2. The van der Waals surface area contributed by atoms with Crippen LogP contribution in [0.2, 0.25) is 10.2 Å². The summed E-state index contributed by atoms with van der Waals surface area (Å²) < 4.78 is 0. The third kappa shape index (κ3) is 2.23. The third-order valence-electron chi connectivity index (χ3n) is 2.76. The Labute approximate surface area is 119 Å². The Morgan fingerprint density at radius 3 is 2.53 bits per heavy atom. The van der Waals surface area contributed by atoms with Crippen LogP contribution < -0.4 is 0 Å². The van der Waals surface area contributed by atoms with Crippen LogP contribution in [0.15, 0.2) is 42.5 Å². The van der Waals surface area contributed by atoms with E-state index in [0.29, 0.717) is 27.1 Å². The smallest absolute Gasteiger partial charge is 0.165 e. The molecular formula is C14H8Cl2N2O. The highest BCUT2D eigenvalue weighted by molar-refractivity contribution is 6.35. The molecular weight excluding hydrogens is 283 g/mol. The molecule has 3 aromatic rings. The first-order chi connectivity index (χ1) is 9.15. The third-order valence-corrected chi connectivity index (χ3v) is 3.28. The average Bonchev–Trinajstić information content (AvgIpc) is 2.38. The van der Waals surface area contributed by atoms with Crippen LogP contribution in [0.3, 0.4) is 0 Å². The van der Waals surface area contributed by atoms with Gasteiger partial charge in [-0.2, -0.15) is 0 Å². The molecule has 3 rings (SSSR count). The molecule has 1 heterocycles. The Morgan fingerprint density at radius 1 is 0.947 bits per heavy atom. The number of phenols is 1. The van der Waals surface area contributed by atoms with Crippen molar-refractivity contribution in [1.29, 1.82) is 0 Å². The van der Waals surface area contributed by atoms with Gasteiger partial charge in [-0.15, -0.1) is 0 Å². The molecule has 0 aliphatic carbocycles. The normalized spacial score (nSPS) is 10.8. The van der Waals surface area contributed by atoms with Gasteiger partial charge in [0.25, 0.3) is 0 Å². The van der Waals surface area contributed by atoms with E-state index in [-0.39, 0.29) is 5.75 Å².